The molecule has 2 heterocycles. The van der Waals surface area contributed by atoms with E-state index >= 15 is 0 Å². The highest BCUT2D eigenvalue weighted by Crippen LogP contribution is 2.31. The number of hydrogen-bond acceptors (Lipinski definition) is 3. The highest BCUT2D eigenvalue weighted by Gasteiger charge is 2.36. The van der Waals surface area contributed by atoms with E-state index < -0.39 is 11.9 Å². The van der Waals surface area contributed by atoms with Crippen molar-refractivity contribution in [3.05, 3.63) is 35.4 Å². The van der Waals surface area contributed by atoms with Crippen molar-refractivity contribution >= 4 is 17.8 Å². The molecule has 0 radical (unpaired) electrons. The molecule has 1 atom stereocenters. The van der Waals surface area contributed by atoms with Gasteiger partial charge in [0, 0.05) is 38.0 Å². The molecule has 0 aromatic heterocycles. The third-order valence-electron chi connectivity index (χ3n) is 5.45. The molecular formula is C20H26N2O4. The molecule has 1 unspecified atom stereocenters. The summed E-state index contributed by atoms with van der Waals surface area (Å²) in [4.78, 5) is 40.2. The summed E-state index contributed by atoms with van der Waals surface area (Å²) in [6.07, 6.45) is 1.29. The average molecular weight is 358 g/mol. The van der Waals surface area contributed by atoms with Crippen LogP contribution in [0.4, 0.5) is 0 Å². The van der Waals surface area contributed by atoms with Crippen molar-refractivity contribution in [3.8, 4) is 0 Å². The summed E-state index contributed by atoms with van der Waals surface area (Å²) >= 11 is 0. The molecule has 6 heteroatoms. The summed E-state index contributed by atoms with van der Waals surface area (Å²) in [5.74, 6) is -1.59. The second-order valence-electron chi connectivity index (χ2n) is 7.56. The highest BCUT2D eigenvalue weighted by molar-refractivity contribution is 5.83. The summed E-state index contributed by atoms with van der Waals surface area (Å²) in [5, 5.41) is 9.56. The first-order valence-electron chi connectivity index (χ1n) is 9.26. The molecule has 2 aliphatic heterocycles. The molecule has 140 valence electrons. The van der Waals surface area contributed by atoms with Crippen LogP contribution in [0.2, 0.25) is 0 Å². The van der Waals surface area contributed by atoms with E-state index in [0.717, 1.165) is 11.1 Å². The van der Waals surface area contributed by atoms with Crippen LogP contribution in [-0.4, -0.2) is 52.3 Å². The second kappa shape index (κ2) is 7.48. The summed E-state index contributed by atoms with van der Waals surface area (Å²) in [7, 11) is 0. The van der Waals surface area contributed by atoms with E-state index in [0.29, 0.717) is 32.5 Å². The Kier molecular flexibility index (Phi) is 5.30. The number of fused-ring (bicyclic) bond motifs is 1. The summed E-state index contributed by atoms with van der Waals surface area (Å²) in [6, 6.07) is 7.45. The van der Waals surface area contributed by atoms with Gasteiger partial charge in [0.1, 0.15) is 0 Å². The van der Waals surface area contributed by atoms with E-state index in [2.05, 4.69) is 0 Å². The lowest BCUT2D eigenvalue weighted by molar-refractivity contribution is -0.145. The topological polar surface area (TPSA) is 77.9 Å². The van der Waals surface area contributed by atoms with E-state index in [9.17, 15) is 19.5 Å². The third-order valence-corrected chi connectivity index (χ3v) is 5.45. The van der Waals surface area contributed by atoms with Crippen LogP contribution < -0.4 is 0 Å². The van der Waals surface area contributed by atoms with Crippen LogP contribution in [0.15, 0.2) is 24.3 Å². The van der Waals surface area contributed by atoms with Gasteiger partial charge in [0.25, 0.3) is 0 Å². The maximum atomic E-state index is 13.0. The van der Waals surface area contributed by atoms with E-state index in [-0.39, 0.29) is 30.2 Å². The normalized spacial score (nSPS) is 20.8. The Labute approximate surface area is 153 Å². The molecule has 1 N–H and O–H groups in total. The Balaban J connectivity index is 1.68. The number of nitrogens with zero attached hydrogens (tertiary/aromatic N) is 2. The number of carboxylic acid groups (broad SMARTS) is 1. The van der Waals surface area contributed by atoms with Gasteiger partial charge in [-0.15, -0.1) is 0 Å². The number of carboxylic acids is 1. The van der Waals surface area contributed by atoms with Gasteiger partial charge in [-0.25, -0.2) is 0 Å². The highest BCUT2D eigenvalue weighted by atomic mass is 16.4. The van der Waals surface area contributed by atoms with E-state index in [1.54, 1.807) is 4.90 Å². The van der Waals surface area contributed by atoms with Crippen LogP contribution in [0.1, 0.15) is 43.7 Å². The van der Waals surface area contributed by atoms with Crippen LogP contribution in [0, 0.1) is 11.8 Å². The van der Waals surface area contributed by atoms with E-state index in [1.165, 1.54) is 0 Å². The molecule has 2 amide bonds. The number of benzene rings is 1. The quantitative estimate of drug-likeness (QED) is 0.897. The van der Waals surface area contributed by atoms with E-state index in [1.807, 2.05) is 43.0 Å². The van der Waals surface area contributed by atoms with Gasteiger partial charge in [0.05, 0.1) is 5.92 Å². The Bertz CT molecular complexity index is 708. The number of hydrogen-bond donors (Lipinski definition) is 1. The largest absolute Gasteiger partial charge is 0.481 e. The maximum absolute atomic E-state index is 13.0. The maximum Gasteiger partial charge on any atom is 0.312 e. The van der Waals surface area contributed by atoms with Crippen molar-refractivity contribution in [2.75, 3.05) is 19.6 Å². The molecule has 2 aliphatic rings. The number of aliphatic carboxylic acids is 1. The van der Waals surface area contributed by atoms with E-state index in [4.69, 9.17) is 0 Å². The van der Waals surface area contributed by atoms with Gasteiger partial charge in [-0.1, -0.05) is 38.1 Å². The van der Waals surface area contributed by atoms with Crippen LogP contribution in [0.5, 0.6) is 0 Å². The van der Waals surface area contributed by atoms with Gasteiger partial charge in [-0.2, -0.15) is 0 Å². The van der Waals surface area contributed by atoms with Gasteiger partial charge >= 0.3 is 5.97 Å². The first-order valence-corrected chi connectivity index (χ1v) is 9.26. The number of rotatable bonds is 3. The van der Waals surface area contributed by atoms with Crippen LogP contribution in [0.25, 0.3) is 0 Å². The Morgan fingerprint density at radius 1 is 1.08 bits per heavy atom. The number of carbonyl (C=O) groups is 3. The summed E-state index contributed by atoms with van der Waals surface area (Å²) in [5.41, 5.74) is 1.72. The van der Waals surface area contributed by atoms with Crippen molar-refractivity contribution in [1.29, 1.82) is 0 Å². The molecule has 1 fully saturated rings. The fraction of sp³-hybridized carbons (Fsp3) is 0.550. The minimum Gasteiger partial charge on any atom is -0.481 e. The predicted molar refractivity (Wildman–Crippen MR) is 96.4 cm³/mol. The second-order valence-corrected chi connectivity index (χ2v) is 7.56. The minimum absolute atomic E-state index is 0.0161. The monoisotopic (exact) mass is 358 g/mol. The molecule has 0 bridgehead atoms. The molecule has 0 saturated carbocycles. The van der Waals surface area contributed by atoms with Gasteiger partial charge in [-0.3, -0.25) is 14.4 Å². The zero-order chi connectivity index (χ0) is 18.8. The standard InChI is InChI=1S/C20H26N2O4/c1-13(2)18(23)21-9-7-14(8-10-21)19(24)22-11-15-5-3-4-6-16(15)17(12-22)20(25)26/h3-6,13-14,17H,7-12H2,1-2H3,(H,25,26). The molecule has 1 saturated heterocycles. The number of carbonyl (C=O) groups excluding carboxylic acids is 2. The van der Waals surface area contributed by atoms with Crippen LogP contribution in [0.3, 0.4) is 0 Å². The first kappa shape index (κ1) is 18.4. The predicted octanol–water partition coefficient (Wildman–Crippen LogP) is 2.09. The molecule has 1 aromatic carbocycles. The van der Waals surface area contributed by atoms with Crippen molar-refractivity contribution in [1.82, 2.24) is 9.80 Å². The molecule has 3 rings (SSSR count). The molecule has 0 spiro atoms. The van der Waals surface area contributed by atoms with Gasteiger partial charge in [0.15, 0.2) is 0 Å². The molecule has 26 heavy (non-hydrogen) atoms. The van der Waals surface area contributed by atoms with Crippen molar-refractivity contribution in [3.63, 3.8) is 0 Å². The lowest BCUT2D eigenvalue weighted by Gasteiger charge is -2.38. The van der Waals surface area contributed by atoms with Crippen molar-refractivity contribution in [2.45, 2.75) is 39.2 Å². The lowest BCUT2D eigenvalue weighted by Crippen LogP contribution is -2.47. The van der Waals surface area contributed by atoms with Gasteiger partial charge in [0.2, 0.25) is 11.8 Å². The molecule has 6 nitrogen and oxygen atoms in total. The zero-order valence-corrected chi connectivity index (χ0v) is 15.4. The number of likely N-dealkylation sites (tertiary alicyclic amines) is 1. The van der Waals surface area contributed by atoms with Crippen LogP contribution >= 0.6 is 0 Å². The summed E-state index contributed by atoms with van der Waals surface area (Å²) in [6.45, 7) is 5.65. The summed E-state index contributed by atoms with van der Waals surface area (Å²) < 4.78 is 0. The Morgan fingerprint density at radius 3 is 2.35 bits per heavy atom. The zero-order valence-electron chi connectivity index (χ0n) is 15.4. The Hall–Kier alpha value is -2.37. The van der Waals surface area contributed by atoms with Crippen molar-refractivity contribution in [2.24, 2.45) is 11.8 Å². The molecular weight excluding hydrogens is 332 g/mol. The molecule has 0 aliphatic carbocycles. The average Bonchev–Trinajstić information content (AvgIpc) is 2.65. The fourth-order valence-electron chi connectivity index (χ4n) is 3.96. The lowest BCUT2D eigenvalue weighted by atomic mass is 9.88. The van der Waals surface area contributed by atoms with Gasteiger partial charge < -0.3 is 14.9 Å². The van der Waals surface area contributed by atoms with Crippen molar-refractivity contribution < 1.29 is 19.5 Å². The number of amides is 2. The number of piperidine rings is 1. The smallest absolute Gasteiger partial charge is 0.312 e. The molecule has 1 aromatic rings. The first-order chi connectivity index (χ1) is 12.4. The van der Waals surface area contributed by atoms with Crippen LogP contribution in [-0.2, 0) is 20.9 Å². The minimum atomic E-state index is -0.896. The fourth-order valence-corrected chi connectivity index (χ4v) is 3.96. The Morgan fingerprint density at radius 2 is 1.73 bits per heavy atom. The van der Waals surface area contributed by atoms with Gasteiger partial charge in [-0.05, 0) is 24.0 Å². The third kappa shape index (κ3) is 3.59. The SMILES string of the molecule is CC(C)C(=O)N1CCC(C(=O)N2Cc3ccccc3C(C(=O)O)C2)CC1.